The van der Waals surface area contributed by atoms with E-state index in [2.05, 4.69) is 57.7 Å². The summed E-state index contributed by atoms with van der Waals surface area (Å²) in [4.78, 5) is 1.06. The molecule has 108 valence electrons. The van der Waals surface area contributed by atoms with Crippen molar-refractivity contribution in [1.29, 1.82) is 0 Å². The Morgan fingerprint density at radius 2 is 1.58 bits per heavy atom. The number of thiol groups is 1. The van der Waals surface area contributed by atoms with Gasteiger partial charge in [0, 0.05) is 4.90 Å². The van der Waals surface area contributed by atoms with Crippen LogP contribution in [0.15, 0.2) is 29.2 Å². The van der Waals surface area contributed by atoms with Crippen LogP contribution in [0.2, 0.25) is 0 Å². The second-order valence-electron chi connectivity index (χ2n) is 6.02. The quantitative estimate of drug-likeness (QED) is 0.388. The highest BCUT2D eigenvalue weighted by molar-refractivity contribution is 7.80. The number of hydrogen-bond acceptors (Lipinski definition) is 1. The molecule has 1 rings (SSSR count). The molecule has 0 aliphatic heterocycles. The summed E-state index contributed by atoms with van der Waals surface area (Å²) < 4.78 is 0. The van der Waals surface area contributed by atoms with Gasteiger partial charge < -0.3 is 0 Å². The average Bonchev–Trinajstić information content (AvgIpc) is 2.42. The number of benzene rings is 1. The van der Waals surface area contributed by atoms with Gasteiger partial charge in [-0.05, 0) is 36.0 Å². The summed E-state index contributed by atoms with van der Waals surface area (Å²) in [5.41, 5.74) is 1.45. The van der Waals surface area contributed by atoms with Crippen molar-refractivity contribution >= 4 is 12.6 Å². The van der Waals surface area contributed by atoms with Crippen LogP contribution in [0.5, 0.6) is 0 Å². The molecule has 0 spiro atoms. The van der Waals surface area contributed by atoms with Crippen LogP contribution in [0.1, 0.15) is 77.2 Å². The fourth-order valence-corrected chi connectivity index (χ4v) is 2.72. The third-order valence-electron chi connectivity index (χ3n) is 4.11. The lowest BCUT2D eigenvalue weighted by molar-refractivity contribution is 0.431. The summed E-state index contributed by atoms with van der Waals surface area (Å²) in [6.07, 6.45) is 9.64. The highest BCUT2D eigenvalue weighted by atomic mass is 32.1. The monoisotopic (exact) mass is 278 g/mol. The molecular weight excluding hydrogens is 248 g/mol. The Morgan fingerprint density at radius 1 is 0.895 bits per heavy atom. The van der Waals surface area contributed by atoms with Crippen molar-refractivity contribution in [1.82, 2.24) is 0 Å². The minimum absolute atomic E-state index is 0.673. The molecule has 2 atom stereocenters. The van der Waals surface area contributed by atoms with E-state index in [0.717, 1.165) is 10.8 Å². The zero-order valence-corrected chi connectivity index (χ0v) is 13.8. The van der Waals surface area contributed by atoms with Gasteiger partial charge in [-0.3, -0.25) is 0 Å². The number of hydrogen-bond donors (Lipinski definition) is 1. The Hall–Kier alpha value is -0.430. The highest BCUT2D eigenvalue weighted by Gasteiger charge is 2.08. The molecule has 0 aromatic heterocycles. The molecule has 0 amide bonds. The lowest BCUT2D eigenvalue weighted by Crippen LogP contribution is -2.00. The van der Waals surface area contributed by atoms with E-state index in [1.165, 1.54) is 50.5 Å². The highest BCUT2D eigenvalue weighted by Crippen LogP contribution is 2.25. The molecule has 0 bridgehead atoms. The molecule has 0 nitrogen and oxygen atoms in total. The van der Waals surface area contributed by atoms with Gasteiger partial charge in [0.1, 0.15) is 0 Å². The zero-order valence-electron chi connectivity index (χ0n) is 12.9. The van der Waals surface area contributed by atoms with E-state index in [9.17, 15) is 0 Å². The van der Waals surface area contributed by atoms with Crippen LogP contribution in [0, 0.1) is 5.92 Å². The van der Waals surface area contributed by atoms with Gasteiger partial charge in [0.25, 0.3) is 0 Å². The number of unbranched alkanes of at least 4 members (excludes halogenated alkanes) is 3. The first-order valence-electron chi connectivity index (χ1n) is 7.92. The maximum atomic E-state index is 4.34. The van der Waals surface area contributed by atoms with Gasteiger partial charge in [0.2, 0.25) is 0 Å². The molecule has 1 aromatic rings. The van der Waals surface area contributed by atoms with Crippen molar-refractivity contribution in [2.45, 2.75) is 76.5 Å². The van der Waals surface area contributed by atoms with Crippen molar-refractivity contribution in [2.75, 3.05) is 0 Å². The fourth-order valence-electron chi connectivity index (χ4n) is 2.57. The lowest BCUT2D eigenvalue weighted by atomic mass is 9.90. The van der Waals surface area contributed by atoms with Crippen molar-refractivity contribution < 1.29 is 0 Å². The topological polar surface area (TPSA) is 0 Å². The maximum Gasteiger partial charge on any atom is 0.00401 e. The van der Waals surface area contributed by atoms with E-state index in [-0.39, 0.29) is 0 Å². The van der Waals surface area contributed by atoms with Crippen molar-refractivity contribution in [3.8, 4) is 0 Å². The van der Waals surface area contributed by atoms with Crippen molar-refractivity contribution in [2.24, 2.45) is 5.92 Å². The summed E-state index contributed by atoms with van der Waals surface area (Å²) in [6, 6.07) is 8.64. The van der Waals surface area contributed by atoms with Crippen LogP contribution in [0.4, 0.5) is 0 Å². The third kappa shape index (κ3) is 7.06. The molecule has 1 heteroatoms. The Labute approximate surface area is 125 Å². The van der Waals surface area contributed by atoms with Crippen LogP contribution in [0.25, 0.3) is 0 Å². The second-order valence-corrected chi connectivity index (χ2v) is 6.54. The standard InChI is InChI=1S/C18H30S/c1-4-5-6-7-8-15(2)9-10-16(3)17-11-13-18(19)14-12-17/h11-16,19H,4-10H2,1-3H3. The molecular formula is C18H30S. The predicted octanol–water partition coefficient (Wildman–Crippen LogP) is 6.47. The first-order chi connectivity index (χ1) is 9.13. The Kier molecular flexibility index (Phi) is 8.29. The molecule has 0 radical (unpaired) electrons. The van der Waals surface area contributed by atoms with Gasteiger partial charge in [0.15, 0.2) is 0 Å². The molecule has 2 unspecified atom stereocenters. The van der Waals surface area contributed by atoms with Gasteiger partial charge in [-0.1, -0.05) is 71.4 Å². The first kappa shape index (κ1) is 16.6. The van der Waals surface area contributed by atoms with Crippen molar-refractivity contribution in [3.05, 3.63) is 29.8 Å². The zero-order chi connectivity index (χ0) is 14.1. The molecule has 0 saturated carbocycles. The van der Waals surface area contributed by atoms with Crippen LogP contribution < -0.4 is 0 Å². The molecule has 1 aromatic carbocycles. The van der Waals surface area contributed by atoms with E-state index in [0.29, 0.717) is 5.92 Å². The minimum Gasteiger partial charge on any atom is -0.143 e. The SMILES string of the molecule is CCCCCCC(C)CCC(C)c1ccc(S)cc1. The smallest absolute Gasteiger partial charge is 0.00401 e. The molecule has 0 heterocycles. The molecule has 0 fully saturated rings. The molecule has 0 saturated heterocycles. The van der Waals surface area contributed by atoms with Gasteiger partial charge in [-0.15, -0.1) is 12.6 Å². The molecule has 0 aliphatic carbocycles. The summed E-state index contributed by atoms with van der Waals surface area (Å²) in [5, 5.41) is 0. The van der Waals surface area contributed by atoms with E-state index in [1.807, 2.05) is 0 Å². The second kappa shape index (κ2) is 9.47. The first-order valence-corrected chi connectivity index (χ1v) is 8.37. The molecule has 19 heavy (non-hydrogen) atoms. The van der Waals surface area contributed by atoms with Crippen LogP contribution >= 0.6 is 12.6 Å². The van der Waals surface area contributed by atoms with E-state index < -0.39 is 0 Å². The average molecular weight is 279 g/mol. The van der Waals surface area contributed by atoms with Gasteiger partial charge in [-0.2, -0.15) is 0 Å². The fraction of sp³-hybridized carbons (Fsp3) is 0.667. The maximum absolute atomic E-state index is 4.34. The van der Waals surface area contributed by atoms with Crippen LogP contribution in [-0.2, 0) is 0 Å². The van der Waals surface area contributed by atoms with E-state index in [1.54, 1.807) is 0 Å². The van der Waals surface area contributed by atoms with Gasteiger partial charge >= 0.3 is 0 Å². The molecule has 0 aliphatic rings. The normalized spacial score (nSPS) is 14.3. The summed E-state index contributed by atoms with van der Waals surface area (Å²) in [7, 11) is 0. The van der Waals surface area contributed by atoms with Crippen LogP contribution in [0.3, 0.4) is 0 Å². The minimum atomic E-state index is 0.673. The summed E-state index contributed by atoms with van der Waals surface area (Å²) >= 11 is 4.34. The summed E-state index contributed by atoms with van der Waals surface area (Å²) in [6.45, 7) is 7.04. The summed E-state index contributed by atoms with van der Waals surface area (Å²) in [5.74, 6) is 1.55. The Bertz CT molecular complexity index is 328. The molecule has 0 N–H and O–H groups in total. The van der Waals surface area contributed by atoms with Crippen molar-refractivity contribution in [3.63, 3.8) is 0 Å². The Balaban J connectivity index is 2.22. The van der Waals surface area contributed by atoms with Gasteiger partial charge in [0.05, 0.1) is 0 Å². The Morgan fingerprint density at radius 3 is 2.21 bits per heavy atom. The van der Waals surface area contributed by atoms with Gasteiger partial charge in [-0.25, -0.2) is 0 Å². The largest absolute Gasteiger partial charge is 0.143 e. The van der Waals surface area contributed by atoms with E-state index in [4.69, 9.17) is 0 Å². The number of rotatable bonds is 9. The predicted molar refractivity (Wildman–Crippen MR) is 89.3 cm³/mol. The third-order valence-corrected chi connectivity index (χ3v) is 4.40. The van der Waals surface area contributed by atoms with Crippen LogP contribution in [-0.4, -0.2) is 0 Å². The lowest BCUT2D eigenvalue weighted by Gasteiger charge is -2.16. The van der Waals surface area contributed by atoms with E-state index >= 15 is 0 Å².